The van der Waals surface area contributed by atoms with Gasteiger partial charge in [-0.3, -0.25) is 4.99 Å². The molecule has 2 N–H and O–H groups in total. The van der Waals surface area contributed by atoms with Gasteiger partial charge in [0.15, 0.2) is 17.5 Å². The second-order valence-corrected chi connectivity index (χ2v) is 6.89. The Hall–Kier alpha value is -2.56. The van der Waals surface area contributed by atoms with Crippen molar-refractivity contribution in [2.75, 3.05) is 47.8 Å². The van der Waals surface area contributed by atoms with Crippen LogP contribution in [-0.2, 0) is 12.8 Å². The standard InChI is InChI=1S/C23H31N3O5.HI/c1-5-24-23(25-10-8-16-6-7-19-22(12-16)31-15-30-19)26-11-9-18-20(28-3)13-17(27-2)14-21(18)29-4;/h6-7,12-14H,5,8-11,15H2,1-4H3,(H2,24,25,26);1H. The van der Waals surface area contributed by atoms with Gasteiger partial charge in [0, 0.05) is 37.3 Å². The number of halogens is 1. The Bertz CT molecular complexity index is 882. The van der Waals surface area contributed by atoms with Gasteiger partial charge in [0.1, 0.15) is 17.2 Å². The molecule has 0 amide bonds. The van der Waals surface area contributed by atoms with Crippen LogP contribution in [0.5, 0.6) is 28.7 Å². The Morgan fingerprint density at radius 1 is 0.938 bits per heavy atom. The maximum absolute atomic E-state index is 5.52. The zero-order chi connectivity index (χ0) is 22.1. The lowest BCUT2D eigenvalue weighted by Crippen LogP contribution is -2.38. The van der Waals surface area contributed by atoms with Gasteiger partial charge in [-0.1, -0.05) is 6.07 Å². The van der Waals surface area contributed by atoms with Crippen molar-refractivity contribution in [2.24, 2.45) is 4.99 Å². The van der Waals surface area contributed by atoms with Crippen molar-refractivity contribution in [3.63, 3.8) is 0 Å². The van der Waals surface area contributed by atoms with E-state index < -0.39 is 0 Å². The van der Waals surface area contributed by atoms with E-state index in [0.29, 0.717) is 18.7 Å². The van der Waals surface area contributed by atoms with Crippen LogP contribution in [0.25, 0.3) is 0 Å². The summed E-state index contributed by atoms with van der Waals surface area (Å²) in [5.74, 6) is 4.53. The summed E-state index contributed by atoms with van der Waals surface area (Å²) in [7, 11) is 4.90. The smallest absolute Gasteiger partial charge is 0.231 e. The second-order valence-electron chi connectivity index (χ2n) is 6.89. The Morgan fingerprint density at radius 3 is 2.31 bits per heavy atom. The van der Waals surface area contributed by atoms with Gasteiger partial charge in [-0.25, -0.2) is 0 Å². The Morgan fingerprint density at radius 2 is 1.66 bits per heavy atom. The number of nitrogens with zero attached hydrogens (tertiary/aromatic N) is 1. The van der Waals surface area contributed by atoms with E-state index in [1.165, 1.54) is 5.56 Å². The van der Waals surface area contributed by atoms with Gasteiger partial charge in [-0.05, 0) is 37.5 Å². The summed E-state index contributed by atoms with van der Waals surface area (Å²) in [5, 5.41) is 6.67. The summed E-state index contributed by atoms with van der Waals surface area (Å²) >= 11 is 0. The van der Waals surface area contributed by atoms with Gasteiger partial charge in [0.05, 0.1) is 21.3 Å². The fourth-order valence-corrected chi connectivity index (χ4v) is 3.37. The summed E-state index contributed by atoms with van der Waals surface area (Å²) in [5.41, 5.74) is 2.14. The minimum absolute atomic E-state index is 0. The third-order valence-electron chi connectivity index (χ3n) is 4.94. The van der Waals surface area contributed by atoms with E-state index in [2.05, 4.69) is 16.7 Å². The van der Waals surface area contributed by atoms with E-state index in [4.69, 9.17) is 28.7 Å². The largest absolute Gasteiger partial charge is 0.496 e. The fourth-order valence-electron chi connectivity index (χ4n) is 3.37. The third kappa shape index (κ3) is 6.72. The van der Waals surface area contributed by atoms with Crippen LogP contribution in [-0.4, -0.2) is 53.7 Å². The van der Waals surface area contributed by atoms with Crippen molar-refractivity contribution in [1.29, 1.82) is 0 Å². The molecule has 32 heavy (non-hydrogen) atoms. The molecule has 2 aromatic rings. The molecule has 176 valence electrons. The quantitative estimate of drug-likeness (QED) is 0.263. The van der Waals surface area contributed by atoms with Crippen LogP contribution in [0.4, 0.5) is 0 Å². The number of guanidine groups is 1. The van der Waals surface area contributed by atoms with Crippen LogP contribution in [0, 0.1) is 0 Å². The molecule has 0 aliphatic carbocycles. The van der Waals surface area contributed by atoms with Crippen LogP contribution in [0.15, 0.2) is 35.3 Å². The average molecular weight is 557 g/mol. The molecule has 3 rings (SSSR count). The van der Waals surface area contributed by atoms with E-state index in [1.807, 2.05) is 31.2 Å². The lowest BCUT2D eigenvalue weighted by Gasteiger charge is -2.15. The first kappa shape index (κ1) is 25.7. The first-order valence-electron chi connectivity index (χ1n) is 10.4. The number of hydrogen-bond donors (Lipinski definition) is 2. The van der Waals surface area contributed by atoms with Crippen molar-refractivity contribution in [1.82, 2.24) is 10.6 Å². The minimum atomic E-state index is 0. The highest BCUT2D eigenvalue weighted by Gasteiger charge is 2.14. The molecule has 0 aromatic heterocycles. The Balaban J connectivity index is 0.00000363. The summed E-state index contributed by atoms with van der Waals surface area (Å²) in [4.78, 5) is 4.70. The molecule has 1 aliphatic heterocycles. The van der Waals surface area contributed by atoms with Crippen LogP contribution in [0.1, 0.15) is 18.1 Å². The monoisotopic (exact) mass is 557 g/mol. The second kappa shape index (κ2) is 13.1. The van der Waals surface area contributed by atoms with Gasteiger partial charge >= 0.3 is 0 Å². The number of methoxy groups -OCH3 is 3. The topological polar surface area (TPSA) is 82.6 Å². The number of hydrogen-bond acceptors (Lipinski definition) is 6. The van der Waals surface area contributed by atoms with Crippen molar-refractivity contribution >= 4 is 29.9 Å². The predicted octanol–water partition coefficient (Wildman–Crippen LogP) is 3.40. The molecular weight excluding hydrogens is 525 g/mol. The number of rotatable bonds is 10. The number of nitrogens with one attached hydrogen (secondary N) is 2. The summed E-state index contributed by atoms with van der Waals surface area (Å²) in [6.07, 6.45) is 1.52. The van der Waals surface area contributed by atoms with E-state index in [1.54, 1.807) is 21.3 Å². The van der Waals surface area contributed by atoms with E-state index >= 15 is 0 Å². The van der Waals surface area contributed by atoms with Crippen LogP contribution in [0.2, 0.25) is 0 Å². The zero-order valence-corrected chi connectivity index (χ0v) is 21.4. The van der Waals surface area contributed by atoms with Gasteiger partial charge in [0.25, 0.3) is 0 Å². The molecule has 0 spiro atoms. The van der Waals surface area contributed by atoms with Crippen LogP contribution < -0.4 is 34.3 Å². The lowest BCUT2D eigenvalue weighted by atomic mass is 10.1. The average Bonchev–Trinajstić information content (AvgIpc) is 3.26. The van der Waals surface area contributed by atoms with Gasteiger partial charge in [-0.15, -0.1) is 24.0 Å². The Labute approximate surface area is 206 Å². The molecule has 0 atom stereocenters. The number of benzene rings is 2. The maximum atomic E-state index is 5.52. The minimum Gasteiger partial charge on any atom is -0.496 e. The van der Waals surface area contributed by atoms with Crippen LogP contribution in [0.3, 0.4) is 0 Å². The Kier molecular flexibility index (Phi) is 10.5. The highest BCUT2D eigenvalue weighted by atomic mass is 127. The summed E-state index contributed by atoms with van der Waals surface area (Å²) in [6, 6.07) is 9.75. The van der Waals surface area contributed by atoms with Gasteiger partial charge < -0.3 is 34.3 Å². The first-order chi connectivity index (χ1) is 15.2. The van der Waals surface area contributed by atoms with Crippen molar-refractivity contribution in [3.8, 4) is 28.7 Å². The van der Waals surface area contributed by atoms with Crippen molar-refractivity contribution in [3.05, 3.63) is 41.5 Å². The normalized spacial score (nSPS) is 12.1. The molecule has 9 heteroatoms. The van der Waals surface area contributed by atoms with Crippen molar-refractivity contribution < 1.29 is 23.7 Å². The van der Waals surface area contributed by atoms with E-state index in [0.717, 1.165) is 54.0 Å². The molecule has 0 saturated heterocycles. The molecule has 2 aromatic carbocycles. The molecular formula is C23H32IN3O5. The molecule has 1 aliphatic rings. The molecule has 0 radical (unpaired) electrons. The number of aliphatic imine (C=N–C) groups is 1. The van der Waals surface area contributed by atoms with Gasteiger partial charge in [-0.2, -0.15) is 0 Å². The first-order valence-corrected chi connectivity index (χ1v) is 10.4. The number of fused-ring (bicyclic) bond motifs is 1. The summed E-state index contributed by atoms with van der Waals surface area (Å²) in [6.45, 7) is 4.45. The molecule has 0 saturated carbocycles. The maximum Gasteiger partial charge on any atom is 0.231 e. The fraction of sp³-hybridized carbons (Fsp3) is 0.435. The molecule has 0 fully saturated rings. The molecule has 8 nitrogen and oxygen atoms in total. The highest BCUT2D eigenvalue weighted by Crippen LogP contribution is 2.34. The van der Waals surface area contributed by atoms with Gasteiger partial charge in [0.2, 0.25) is 6.79 Å². The van der Waals surface area contributed by atoms with E-state index in [-0.39, 0.29) is 30.8 Å². The highest BCUT2D eigenvalue weighted by molar-refractivity contribution is 14.0. The number of ether oxygens (including phenoxy) is 5. The molecule has 0 bridgehead atoms. The predicted molar refractivity (Wildman–Crippen MR) is 135 cm³/mol. The SMILES string of the molecule is CCNC(=NCCc1c(OC)cc(OC)cc1OC)NCCc1ccc2c(c1)OCO2.I. The third-order valence-corrected chi connectivity index (χ3v) is 4.94. The molecule has 1 heterocycles. The summed E-state index contributed by atoms with van der Waals surface area (Å²) < 4.78 is 27.2. The lowest BCUT2D eigenvalue weighted by molar-refractivity contribution is 0.174. The molecule has 0 unspecified atom stereocenters. The van der Waals surface area contributed by atoms with E-state index in [9.17, 15) is 0 Å². The van der Waals surface area contributed by atoms with Crippen molar-refractivity contribution in [2.45, 2.75) is 19.8 Å². The zero-order valence-electron chi connectivity index (χ0n) is 19.0. The van der Waals surface area contributed by atoms with Crippen LogP contribution >= 0.6 is 24.0 Å².